The number of fused-ring (bicyclic) bond motifs is 1. The average Bonchev–Trinajstić information content (AvgIpc) is 3.26. The summed E-state index contributed by atoms with van der Waals surface area (Å²) >= 11 is 3.53. The second-order valence-corrected chi connectivity index (χ2v) is 7.60. The minimum atomic E-state index is 0.675. The molecule has 0 saturated heterocycles. The summed E-state index contributed by atoms with van der Waals surface area (Å²) in [5.41, 5.74) is 2.07. The molecule has 0 radical (unpaired) electrons. The molecule has 0 fully saturated rings. The maximum atomic E-state index is 4.63. The highest BCUT2D eigenvalue weighted by Gasteiger charge is 2.06. The van der Waals surface area contributed by atoms with E-state index >= 15 is 0 Å². The molecule has 0 unspecified atom stereocenters. The van der Waals surface area contributed by atoms with Gasteiger partial charge in [0.2, 0.25) is 5.82 Å². The van der Waals surface area contributed by atoms with E-state index in [0.717, 1.165) is 34.1 Å². The zero-order chi connectivity index (χ0) is 16.2. The summed E-state index contributed by atoms with van der Waals surface area (Å²) in [6.45, 7) is 0.762. The molecule has 2 aromatic carbocycles. The number of tetrazole rings is 1. The summed E-state index contributed by atoms with van der Waals surface area (Å²) in [6.07, 6.45) is 0.977. The Morgan fingerprint density at radius 1 is 1.00 bits per heavy atom. The second-order valence-electron chi connectivity index (χ2n) is 5.22. The van der Waals surface area contributed by atoms with Gasteiger partial charge in [0.25, 0.3) is 0 Å². The summed E-state index contributed by atoms with van der Waals surface area (Å²) in [5, 5.41) is 12.7. The smallest absolute Gasteiger partial charge is 0.204 e. The van der Waals surface area contributed by atoms with E-state index in [1.54, 1.807) is 27.9 Å². The van der Waals surface area contributed by atoms with Crippen molar-refractivity contribution in [1.29, 1.82) is 0 Å². The standard InChI is InChI=1S/C17H15N5S2/c1-2-7-13(8-3-1)16-19-21-22(20-16)11-6-12-23-17-18-14-9-4-5-10-15(14)24-17/h1-5,7-10H,6,11-12H2. The number of para-hydroxylation sites is 1. The summed E-state index contributed by atoms with van der Waals surface area (Å²) in [7, 11) is 0. The van der Waals surface area contributed by atoms with Gasteiger partial charge in [0.1, 0.15) is 0 Å². The molecule has 2 heterocycles. The summed E-state index contributed by atoms with van der Waals surface area (Å²) in [6, 6.07) is 18.2. The Kier molecular flexibility index (Phi) is 4.53. The van der Waals surface area contributed by atoms with Gasteiger partial charge in [-0.1, -0.05) is 54.2 Å². The molecule has 7 heteroatoms. The van der Waals surface area contributed by atoms with Crippen molar-refractivity contribution >= 4 is 33.3 Å². The molecule has 4 rings (SSSR count). The van der Waals surface area contributed by atoms with Gasteiger partial charge in [-0.05, 0) is 23.8 Å². The molecule has 0 amide bonds. The molecule has 5 nitrogen and oxygen atoms in total. The molecule has 0 atom stereocenters. The molecule has 0 aliphatic rings. The Morgan fingerprint density at radius 2 is 1.83 bits per heavy atom. The lowest BCUT2D eigenvalue weighted by Crippen LogP contribution is -2.03. The van der Waals surface area contributed by atoms with E-state index in [0.29, 0.717) is 5.82 Å². The third-order valence-electron chi connectivity index (χ3n) is 3.49. The third kappa shape index (κ3) is 3.47. The van der Waals surface area contributed by atoms with Crippen LogP contribution in [0.15, 0.2) is 58.9 Å². The van der Waals surface area contributed by atoms with Gasteiger partial charge in [-0.2, -0.15) is 4.80 Å². The molecule has 0 saturated carbocycles. The van der Waals surface area contributed by atoms with Crippen LogP contribution in [0.1, 0.15) is 6.42 Å². The number of benzene rings is 2. The van der Waals surface area contributed by atoms with E-state index in [2.05, 4.69) is 38.6 Å². The van der Waals surface area contributed by atoms with E-state index in [4.69, 9.17) is 0 Å². The molecular formula is C17H15N5S2. The molecular weight excluding hydrogens is 338 g/mol. The van der Waals surface area contributed by atoms with E-state index < -0.39 is 0 Å². The SMILES string of the molecule is c1ccc(-c2nnn(CCCSc3nc4ccccc4s3)n2)cc1. The highest BCUT2D eigenvalue weighted by molar-refractivity contribution is 8.01. The lowest BCUT2D eigenvalue weighted by molar-refractivity contribution is 0.517. The highest BCUT2D eigenvalue weighted by Crippen LogP contribution is 2.29. The van der Waals surface area contributed by atoms with Gasteiger partial charge < -0.3 is 0 Å². The van der Waals surface area contributed by atoms with Crippen molar-refractivity contribution in [2.45, 2.75) is 17.3 Å². The van der Waals surface area contributed by atoms with Gasteiger partial charge in [0.05, 0.1) is 16.8 Å². The van der Waals surface area contributed by atoms with Crippen molar-refractivity contribution in [3.63, 3.8) is 0 Å². The Morgan fingerprint density at radius 3 is 2.71 bits per heavy atom. The molecule has 0 bridgehead atoms. The van der Waals surface area contributed by atoms with E-state index in [-0.39, 0.29) is 0 Å². The van der Waals surface area contributed by atoms with Crippen LogP contribution in [0.3, 0.4) is 0 Å². The predicted octanol–water partition coefficient (Wildman–Crippen LogP) is 4.13. The molecule has 0 aliphatic carbocycles. The maximum absolute atomic E-state index is 4.63. The topological polar surface area (TPSA) is 56.5 Å². The van der Waals surface area contributed by atoms with Crippen LogP contribution in [0.5, 0.6) is 0 Å². The van der Waals surface area contributed by atoms with Crippen LogP contribution in [0, 0.1) is 0 Å². The molecule has 120 valence electrons. The van der Waals surface area contributed by atoms with Crippen LogP contribution in [0.25, 0.3) is 21.6 Å². The minimum Gasteiger partial charge on any atom is -0.230 e. The quantitative estimate of drug-likeness (QED) is 0.385. The van der Waals surface area contributed by atoms with Gasteiger partial charge in [-0.3, -0.25) is 0 Å². The van der Waals surface area contributed by atoms with Crippen molar-refractivity contribution in [3.8, 4) is 11.4 Å². The number of hydrogen-bond acceptors (Lipinski definition) is 6. The highest BCUT2D eigenvalue weighted by atomic mass is 32.2. The van der Waals surface area contributed by atoms with Crippen LogP contribution in [-0.4, -0.2) is 30.9 Å². The number of aryl methyl sites for hydroxylation is 1. The number of thiazole rings is 1. The number of aromatic nitrogens is 5. The second kappa shape index (κ2) is 7.11. The first-order valence-corrected chi connectivity index (χ1v) is 9.50. The molecule has 24 heavy (non-hydrogen) atoms. The van der Waals surface area contributed by atoms with Crippen molar-refractivity contribution in [2.24, 2.45) is 0 Å². The van der Waals surface area contributed by atoms with Crippen LogP contribution in [0.4, 0.5) is 0 Å². The molecule has 0 spiro atoms. The Bertz CT molecular complexity index is 899. The molecule has 0 N–H and O–H groups in total. The van der Waals surface area contributed by atoms with E-state index in [9.17, 15) is 0 Å². The van der Waals surface area contributed by atoms with Gasteiger partial charge in [-0.15, -0.1) is 21.5 Å². The fourth-order valence-corrected chi connectivity index (χ4v) is 4.38. The zero-order valence-corrected chi connectivity index (χ0v) is 14.5. The van der Waals surface area contributed by atoms with Crippen molar-refractivity contribution in [2.75, 3.05) is 5.75 Å². The van der Waals surface area contributed by atoms with Crippen molar-refractivity contribution in [3.05, 3.63) is 54.6 Å². The fourth-order valence-electron chi connectivity index (χ4n) is 2.32. The lowest BCUT2D eigenvalue weighted by atomic mass is 10.2. The lowest BCUT2D eigenvalue weighted by Gasteiger charge is -1.98. The van der Waals surface area contributed by atoms with E-state index in [1.165, 1.54) is 4.70 Å². The zero-order valence-electron chi connectivity index (χ0n) is 12.9. The van der Waals surface area contributed by atoms with Crippen LogP contribution < -0.4 is 0 Å². The van der Waals surface area contributed by atoms with Gasteiger partial charge in [0.15, 0.2) is 4.34 Å². The van der Waals surface area contributed by atoms with Crippen molar-refractivity contribution in [1.82, 2.24) is 25.2 Å². The minimum absolute atomic E-state index is 0.675. The van der Waals surface area contributed by atoms with Gasteiger partial charge in [-0.25, -0.2) is 4.98 Å². The third-order valence-corrected chi connectivity index (χ3v) is 5.75. The fraction of sp³-hybridized carbons (Fsp3) is 0.176. The number of rotatable bonds is 6. The van der Waals surface area contributed by atoms with Crippen LogP contribution in [0.2, 0.25) is 0 Å². The normalized spacial score (nSPS) is 11.2. The van der Waals surface area contributed by atoms with Crippen LogP contribution in [-0.2, 0) is 6.54 Å². The largest absolute Gasteiger partial charge is 0.230 e. The molecule has 4 aromatic rings. The first-order chi connectivity index (χ1) is 11.9. The Balaban J connectivity index is 1.30. The van der Waals surface area contributed by atoms with Crippen LogP contribution >= 0.6 is 23.1 Å². The van der Waals surface area contributed by atoms with Gasteiger partial charge >= 0.3 is 0 Å². The monoisotopic (exact) mass is 353 g/mol. The van der Waals surface area contributed by atoms with E-state index in [1.807, 2.05) is 36.4 Å². The first-order valence-electron chi connectivity index (χ1n) is 7.70. The molecule has 0 aliphatic heterocycles. The number of hydrogen-bond donors (Lipinski definition) is 0. The van der Waals surface area contributed by atoms with Crippen molar-refractivity contribution < 1.29 is 0 Å². The summed E-state index contributed by atoms with van der Waals surface area (Å²) < 4.78 is 2.36. The molecule has 2 aromatic heterocycles. The summed E-state index contributed by atoms with van der Waals surface area (Å²) in [5.74, 6) is 1.66. The Labute approximate surface area is 147 Å². The number of thioether (sulfide) groups is 1. The number of nitrogens with zero attached hydrogens (tertiary/aromatic N) is 5. The van der Waals surface area contributed by atoms with Gasteiger partial charge in [0, 0.05) is 11.3 Å². The first kappa shape index (κ1) is 15.3. The average molecular weight is 353 g/mol. The maximum Gasteiger partial charge on any atom is 0.204 e. The summed E-state index contributed by atoms with van der Waals surface area (Å²) in [4.78, 5) is 6.30. The Hall–Kier alpha value is -2.25. The predicted molar refractivity (Wildman–Crippen MR) is 98.2 cm³/mol.